The summed E-state index contributed by atoms with van der Waals surface area (Å²) in [5.41, 5.74) is 0.639. The molecule has 0 amide bonds. The summed E-state index contributed by atoms with van der Waals surface area (Å²) in [6, 6.07) is 4.82. The van der Waals surface area contributed by atoms with Crippen molar-refractivity contribution in [2.24, 2.45) is 5.92 Å². The Morgan fingerprint density at radius 3 is 2.77 bits per heavy atom. The van der Waals surface area contributed by atoms with E-state index in [1.165, 1.54) is 16.2 Å². The highest BCUT2D eigenvalue weighted by molar-refractivity contribution is 7.11. The van der Waals surface area contributed by atoms with E-state index in [0.29, 0.717) is 29.4 Å². The summed E-state index contributed by atoms with van der Waals surface area (Å²) in [4.78, 5) is 16.1. The highest BCUT2D eigenvalue weighted by atomic mass is 32.1. The number of thiophene rings is 1. The van der Waals surface area contributed by atoms with Crippen molar-refractivity contribution in [1.29, 1.82) is 0 Å². The van der Waals surface area contributed by atoms with Crippen LogP contribution in [0.5, 0.6) is 0 Å². The highest BCUT2D eigenvalue weighted by Gasteiger charge is 2.41. The minimum Gasteiger partial charge on any atom is -0.350 e. The van der Waals surface area contributed by atoms with Gasteiger partial charge in [0.05, 0.1) is 5.69 Å². The van der Waals surface area contributed by atoms with Crippen molar-refractivity contribution < 1.29 is 4.39 Å². The van der Waals surface area contributed by atoms with Crippen LogP contribution in [0.3, 0.4) is 0 Å². The van der Waals surface area contributed by atoms with Crippen molar-refractivity contribution in [2.75, 3.05) is 24.5 Å². The van der Waals surface area contributed by atoms with Crippen LogP contribution in [-0.2, 0) is 6.54 Å². The fraction of sp³-hybridized carbons (Fsp3) is 0.600. The molecular formula is C20H25FN4S. The molecular weight excluding hydrogens is 347 g/mol. The van der Waals surface area contributed by atoms with E-state index in [4.69, 9.17) is 0 Å². The molecule has 1 saturated carbocycles. The fourth-order valence-electron chi connectivity index (χ4n) is 4.62. The number of hydrogen-bond acceptors (Lipinski definition) is 5. The maximum Gasteiger partial charge on any atom is 0.187 e. The standard InChI is InChI=1S/C20H25FN4S/c1-13-2-5-16(26-13)10-24-8-6-14-7-9-25(17(14)11-24)20-18(21)19(15-3-4-15)22-12-23-20/h2,5,12,14-15,17H,3-4,6-11H2,1H3. The molecule has 4 heterocycles. The molecule has 2 atom stereocenters. The van der Waals surface area contributed by atoms with Gasteiger partial charge in [-0.15, -0.1) is 11.3 Å². The van der Waals surface area contributed by atoms with Gasteiger partial charge in [0, 0.05) is 41.3 Å². The molecule has 5 rings (SSSR count). The Morgan fingerprint density at radius 1 is 1.15 bits per heavy atom. The Labute approximate surface area is 158 Å². The lowest BCUT2D eigenvalue weighted by Crippen LogP contribution is -2.48. The van der Waals surface area contributed by atoms with Gasteiger partial charge in [0.1, 0.15) is 6.33 Å². The summed E-state index contributed by atoms with van der Waals surface area (Å²) in [6.45, 7) is 6.23. The zero-order chi connectivity index (χ0) is 17.7. The SMILES string of the molecule is Cc1ccc(CN2CCC3CCN(c4ncnc(C5CC5)c4F)C3C2)s1. The van der Waals surface area contributed by atoms with Gasteiger partial charge < -0.3 is 4.90 Å². The van der Waals surface area contributed by atoms with Crippen molar-refractivity contribution in [3.05, 3.63) is 39.7 Å². The average Bonchev–Trinajstić information content (AvgIpc) is 3.27. The van der Waals surface area contributed by atoms with Crippen molar-refractivity contribution in [1.82, 2.24) is 14.9 Å². The Hall–Kier alpha value is -1.53. The van der Waals surface area contributed by atoms with Gasteiger partial charge >= 0.3 is 0 Å². The molecule has 2 aromatic heterocycles. The smallest absolute Gasteiger partial charge is 0.187 e. The number of anilines is 1. The second kappa shape index (κ2) is 6.57. The lowest BCUT2D eigenvalue weighted by Gasteiger charge is -2.38. The largest absolute Gasteiger partial charge is 0.350 e. The van der Waals surface area contributed by atoms with Gasteiger partial charge in [-0.1, -0.05) is 0 Å². The van der Waals surface area contributed by atoms with Crippen LogP contribution in [0.2, 0.25) is 0 Å². The van der Waals surface area contributed by atoms with Crippen LogP contribution in [0.25, 0.3) is 0 Å². The molecule has 0 spiro atoms. The number of hydrogen-bond donors (Lipinski definition) is 0. The quantitative estimate of drug-likeness (QED) is 0.813. The van der Waals surface area contributed by atoms with E-state index in [1.807, 2.05) is 11.3 Å². The summed E-state index contributed by atoms with van der Waals surface area (Å²) < 4.78 is 15.0. The van der Waals surface area contributed by atoms with Crippen LogP contribution >= 0.6 is 11.3 Å². The number of fused-ring (bicyclic) bond motifs is 1. The van der Waals surface area contributed by atoms with Gasteiger partial charge in [0.15, 0.2) is 11.6 Å². The van der Waals surface area contributed by atoms with Crippen LogP contribution in [0, 0.1) is 18.7 Å². The van der Waals surface area contributed by atoms with E-state index in [-0.39, 0.29) is 5.82 Å². The molecule has 2 unspecified atom stereocenters. The van der Waals surface area contributed by atoms with Gasteiger partial charge in [0.25, 0.3) is 0 Å². The first-order valence-corrected chi connectivity index (χ1v) is 10.6. The molecule has 3 fully saturated rings. The van der Waals surface area contributed by atoms with Crippen molar-refractivity contribution >= 4 is 17.2 Å². The lowest BCUT2D eigenvalue weighted by molar-refractivity contribution is 0.168. The number of piperidine rings is 1. The van der Waals surface area contributed by atoms with E-state index >= 15 is 4.39 Å². The molecule has 2 saturated heterocycles. The molecule has 0 aromatic carbocycles. The maximum atomic E-state index is 15.0. The fourth-order valence-corrected chi connectivity index (χ4v) is 5.55. The predicted octanol–water partition coefficient (Wildman–Crippen LogP) is 3.96. The minimum atomic E-state index is -0.165. The maximum absolute atomic E-state index is 15.0. The molecule has 0 radical (unpaired) electrons. The summed E-state index contributed by atoms with van der Waals surface area (Å²) in [6.07, 6.45) is 6.04. The number of halogens is 1. The minimum absolute atomic E-state index is 0.165. The van der Waals surface area contributed by atoms with Gasteiger partial charge in [-0.25, -0.2) is 14.4 Å². The van der Waals surface area contributed by atoms with Gasteiger partial charge in [-0.05, 0) is 57.2 Å². The summed E-state index contributed by atoms with van der Waals surface area (Å²) in [5.74, 6) is 1.36. The Kier molecular flexibility index (Phi) is 4.20. The van der Waals surface area contributed by atoms with Crippen LogP contribution in [0.4, 0.5) is 10.2 Å². The van der Waals surface area contributed by atoms with Gasteiger partial charge in [-0.3, -0.25) is 4.90 Å². The molecule has 1 aliphatic carbocycles. The first kappa shape index (κ1) is 16.6. The molecule has 2 aliphatic heterocycles. The number of rotatable bonds is 4. The zero-order valence-electron chi connectivity index (χ0n) is 15.2. The number of likely N-dealkylation sites (tertiary alicyclic amines) is 1. The third kappa shape index (κ3) is 3.03. The van der Waals surface area contributed by atoms with E-state index in [9.17, 15) is 0 Å². The number of aryl methyl sites for hydroxylation is 1. The second-order valence-corrected chi connectivity index (χ2v) is 9.39. The van der Waals surface area contributed by atoms with Crippen molar-refractivity contribution in [3.8, 4) is 0 Å². The second-order valence-electron chi connectivity index (χ2n) is 8.02. The lowest BCUT2D eigenvalue weighted by atomic mass is 9.92. The molecule has 6 heteroatoms. The Bertz CT molecular complexity index is 803. The van der Waals surface area contributed by atoms with E-state index in [2.05, 4.69) is 38.8 Å². The van der Waals surface area contributed by atoms with Gasteiger partial charge in [0.2, 0.25) is 0 Å². The molecule has 2 aromatic rings. The summed E-state index contributed by atoms with van der Waals surface area (Å²) in [5, 5.41) is 0. The number of aromatic nitrogens is 2. The highest BCUT2D eigenvalue weighted by Crippen LogP contribution is 2.43. The van der Waals surface area contributed by atoms with Crippen molar-refractivity contribution in [3.63, 3.8) is 0 Å². The van der Waals surface area contributed by atoms with Crippen molar-refractivity contribution in [2.45, 2.75) is 51.1 Å². The third-order valence-corrected chi connectivity index (χ3v) is 7.14. The summed E-state index contributed by atoms with van der Waals surface area (Å²) in [7, 11) is 0. The predicted molar refractivity (Wildman–Crippen MR) is 102 cm³/mol. The number of nitrogens with zero attached hydrogens (tertiary/aromatic N) is 4. The Morgan fingerprint density at radius 2 is 2.00 bits per heavy atom. The van der Waals surface area contributed by atoms with Crippen LogP contribution in [-0.4, -0.2) is 40.5 Å². The monoisotopic (exact) mass is 372 g/mol. The van der Waals surface area contributed by atoms with Gasteiger partial charge in [-0.2, -0.15) is 0 Å². The van der Waals surface area contributed by atoms with Crippen LogP contribution in [0.15, 0.2) is 18.5 Å². The van der Waals surface area contributed by atoms with E-state index < -0.39 is 0 Å². The average molecular weight is 373 g/mol. The van der Waals surface area contributed by atoms with E-state index in [0.717, 1.165) is 45.4 Å². The molecule has 0 N–H and O–H groups in total. The zero-order valence-corrected chi connectivity index (χ0v) is 16.0. The van der Waals surface area contributed by atoms with E-state index in [1.54, 1.807) is 6.33 Å². The molecule has 138 valence electrons. The Balaban J connectivity index is 1.35. The first-order valence-electron chi connectivity index (χ1n) is 9.74. The first-order chi connectivity index (χ1) is 12.7. The molecule has 4 nitrogen and oxygen atoms in total. The molecule has 26 heavy (non-hydrogen) atoms. The normalized spacial score (nSPS) is 26.3. The molecule has 3 aliphatic rings. The van der Waals surface area contributed by atoms with Crippen LogP contribution < -0.4 is 4.90 Å². The topological polar surface area (TPSA) is 32.3 Å². The summed E-state index contributed by atoms with van der Waals surface area (Å²) >= 11 is 1.88. The van der Waals surface area contributed by atoms with Crippen LogP contribution in [0.1, 0.15) is 47.0 Å². The third-order valence-electron chi connectivity index (χ3n) is 6.16. The molecule has 0 bridgehead atoms.